The molecule has 3 aromatic rings. The number of hydrogen-bond acceptors (Lipinski definition) is 5. The summed E-state index contributed by atoms with van der Waals surface area (Å²) < 4.78 is 2.21. The van der Waals surface area contributed by atoms with Crippen LogP contribution in [0.3, 0.4) is 0 Å². The monoisotopic (exact) mass is 443 g/mol. The molecule has 1 aliphatic heterocycles. The Bertz CT molecular complexity index is 1010. The van der Waals surface area contributed by atoms with Gasteiger partial charge in [-0.15, -0.1) is 0 Å². The normalized spacial score (nSPS) is 14.6. The van der Waals surface area contributed by atoms with E-state index in [4.69, 9.17) is 4.98 Å². The first-order valence-electron chi connectivity index (χ1n) is 8.72. The minimum atomic E-state index is 0.00507. The molecule has 0 atom stereocenters. The highest BCUT2D eigenvalue weighted by molar-refractivity contribution is 9.10. The quantitative estimate of drug-likeness (QED) is 0.568. The first-order chi connectivity index (χ1) is 13.0. The zero-order chi connectivity index (χ0) is 19.0. The van der Waals surface area contributed by atoms with E-state index in [1.54, 1.807) is 35.6 Å². The van der Waals surface area contributed by atoms with Gasteiger partial charge in [0, 0.05) is 41.8 Å². The lowest BCUT2D eigenvalue weighted by molar-refractivity contribution is 0.0746. The Labute approximate surface area is 169 Å². The van der Waals surface area contributed by atoms with Gasteiger partial charge >= 0.3 is 0 Å². The van der Waals surface area contributed by atoms with Gasteiger partial charge in [-0.3, -0.25) is 9.59 Å². The Morgan fingerprint density at radius 2 is 1.67 bits per heavy atom. The number of piperazine rings is 1. The van der Waals surface area contributed by atoms with Crippen molar-refractivity contribution in [1.82, 2.24) is 9.88 Å². The van der Waals surface area contributed by atoms with E-state index in [1.165, 1.54) is 6.92 Å². The molecular formula is C20H18BrN3O2S. The van der Waals surface area contributed by atoms with Crippen LogP contribution in [0, 0.1) is 0 Å². The summed E-state index contributed by atoms with van der Waals surface area (Å²) >= 11 is 5.18. The van der Waals surface area contributed by atoms with Crippen LogP contribution in [0.2, 0.25) is 0 Å². The second kappa shape index (κ2) is 7.40. The van der Waals surface area contributed by atoms with E-state index in [2.05, 4.69) is 26.9 Å². The molecule has 0 radical (unpaired) electrons. The number of nitrogens with zero attached hydrogens (tertiary/aromatic N) is 3. The summed E-state index contributed by atoms with van der Waals surface area (Å²) in [6, 6.07) is 13.0. The minimum Gasteiger partial charge on any atom is -0.345 e. The van der Waals surface area contributed by atoms with Gasteiger partial charge < -0.3 is 9.80 Å². The Balaban J connectivity index is 1.43. The molecule has 4 rings (SSSR count). The number of benzene rings is 2. The topological polar surface area (TPSA) is 53.5 Å². The number of thiazole rings is 1. The molecule has 2 aromatic carbocycles. The molecule has 1 aromatic heterocycles. The average molecular weight is 444 g/mol. The summed E-state index contributed by atoms with van der Waals surface area (Å²) in [5, 5.41) is 1.00. The second-order valence-corrected chi connectivity index (χ2v) is 8.45. The molecule has 2 heterocycles. The fourth-order valence-corrected chi connectivity index (χ4v) is 4.72. The van der Waals surface area contributed by atoms with E-state index >= 15 is 0 Å². The first-order valence-corrected chi connectivity index (χ1v) is 10.3. The number of ketones is 1. The number of halogens is 1. The highest BCUT2D eigenvalue weighted by Gasteiger charge is 2.24. The molecule has 0 bridgehead atoms. The van der Waals surface area contributed by atoms with E-state index in [0.29, 0.717) is 24.2 Å². The van der Waals surface area contributed by atoms with Crippen LogP contribution >= 0.6 is 27.3 Å². The summed E-state index contributed by atoms with van der Waals surface area (Å²) in [4.78, 5) is 32.9. The predicted octanol–water partition coefficient (Wildman–Crippen LogP) is 4.22. The van der Waals surface area contributed by atoms with Crippen LogP contribution in [0.1, 0.15) is 27.6 Å². The van der Waals surface area contributed by atoms with Crippen molar-refractivity contribution in [2.45, 2.75) is 6.92 Å². The molecule has 1 fully saturated rings. The number of Topliss-reactive ketones (excluding diaryl/α,β-unsaturated/α-hetero) is 1. The first kappa shape index (κ1) is 18.1. The average Bonchev–Trinajstić information content (AvgIpc) is 3.11. The maximum atomic E-state index is 12.7. The molecule has 27 heavy (non-hydrogen) atoms. The Hall–Kier alpha value is -2.25. The summed E-state index contributed by atoms with van der Waals surface area (Å²) in [6.45, 7) is 4.37. The molecule has 7 heteroatoms. The summed E-state index contributed by atoms with van der Waals surface area (Å²) in [5.74, 6) is 0.0171. The third-order valence-corrected chi connectivity index (χ3v) is 6.29. The fourth-order valence-electron chi connectivity index (χ4n) is 3.15. The zero-order valence-electron chi connectivity index (χ0n) is 14.8. The molecule has 0 saturated carbocycles. The minimum absolute atomic E-state index is 0.00507. The van der Waals surface area contributed by atoms with Crippen LogP contribution in [0.15, 0.2) is 46.9 Å². The van der Waals surface area contributed by atoms with Crippen LogP contribution < -0.4 is 4.90 Å². The third-order valence-electron chi connectivity index (χ3n) is 4.71. The molecule has 1 amide bonds. The van der Waals surface area contributed by atoms with E-state index in [1.807, 2.05) is 17.0 Å². The number of carbonyl (C=O) groups excluding carboxylic acids is 2. The number of aromatic nitrogens is 1. The van der Waals surface area contributed by atoms with Crippen LogP contribution in [0.4, 0.5) is 5.13 Å². The lowest BCUT2D eigenvalue weighted by Crippen LogP contribution is -2.48. The summed E-state index contributed by atoms with van der Waals surface area (Å²) in [5.41, 5.74) is 2.25. The van der Waals surface area contributed by atoms with Crippen LogP contribution in [0.5, 0.6) is 0 Å². The molecule has 0 unspecified atom stereocenters. The predicted molar refractivity (Wildman–Crippen MR) is 112 cm³/mol. The summed E-state index contributed by atoms with van der Waals surface area (Å²) in [6.07, 6.45) is 0. The number of anilines is 1. The van der Waals surface area contributed by atoms with Gasteiger partial charge in [-0.25, -0.2) is 4.98 Å². The molecule has 0 N–H and O–H groups in total. The van der Waals surface area contributed by atoms with Crippen molar-refractivity contribution < 1.29 is 9.59 Å². The molecule has 1 saturated heterocycles. The highest BCUT2D eigenvalue weighted by Crippen LogP contribution is 2.31. The Kier molecular flexibility index (Phi) is 4.97. The van der Waals surface area contributed by atoms with Gasteiger partial charge in [0.1, 0.15) is 0 Å². The molecule has 0 aliphatic carbocycles. The largest absolute Gasteiger partial charge is 0.345 e. The van der Waals surface area contributed by atoms with Gasteiger partial charge in [0.05, 0.1) is 10.2 Å². The van der Waals surface area contributed by atoms with Crippen molar-refractivity contribution in [2.75, 3.05) is 31.1 Å². The van der Waals surface area contributed by atoms with Crippen molar-refractivity contribution in [3.63, 3.8) is 0 Å². The molecule has 138 valence electrons. The maximum Gasteiger partial charge on any atom is 0.253 e. The Morgan fingerprint density at radius 3 is 2.33 bits per heavy atom. The van der Waals surface area contributed by atoms with Crippen LogP contribution in [-0.2, 0) is 0 Å². The molecule has 0 spiro atoms. The van der Waals surface area contributed by atoms with Crippen molar-refractivity contribution >= 4 is 54.3 Å². The van der Waals surface area contributed by atoms with Gasteiger partial charge in [0.25, 0.3) is 5.91 Å². The van der Waals surface area contributed by atoms with Gasteiger partial charge in [0.2, 0.25) is 0 Å². The molecular weight excluding hydrogens is 426 g/mol. The van der Waals surface area contributed by atoms with Gasteiger partial charge in [0.15, 0.2) is 10.9 Å². The van der Waals surface area contributed by atoms with Gasteiger partial charge in [-0.05, 0) is 37.3 Å². The van der Waals surface area contributed by atoms with E-state index in [-0.39, 0.29) is 11.7 Å². The number of carbonyl (C=O) groups is 2. The van der Waals surface area contributed by atoms with Crippen molar-refractivity contribution in [3.05, 3.63) is 58.1 Å². The zero-order valence-corrected chi connectivity index (χ0v) is 17.2. The lowest BCUT2D eigenvalue weighted by atomic mass is 10.1. The molecule has 1 aliphatic rings. The second-order valence-electron chi connectivity index (χ2n) is 6.52. The van der Waals surface area contributed by atoms with Crippen LogP contribution in [-0.4, -0.2) is 47.8 Å². The van der Waals surface area contributed by atoms with Crippen molar-refractivity contribution in [3.8, 4) is 0 Å². The summed E-state index contributed by atoms with van der Waals surface area (Å²) in [7, 11) is 0. The van der Waals surface area contributed by atoms with E-state index < -0.39 is 0 Å². The standard InChI is InChI=1S/C20H18BrN3O2S/c1-13(25)14-2-4-15(5-3-14)19(26)23-8-10-24(11-9-23)20-22-17-7-6-16(21)12-18(17)27-20/h2-7,12H,8-11H2,1H3. The third kappa shape index (κ3) is 3.75. The van der Waals surface area contributed by atoms with Crippen molar-refractivity contribution in [2.24, 2.45) is 0 Å². The van der Waals surface area contributed by atoms with Gasteiger partial charge in [-0.2, -0.15) is 0 Å². The van der Waals surface area contributed by atoms with E-state index in [9.17, 15) is 9.59 Å². The Morgan fingerprint density at radius 1 is 1.00 bits per heavy atom. The number of fused-ring (bicyclic) bond motifs is 1. The molecule has 5 nitrogen and oxygen atoms in total. The van der Waals surface area contributed by atoms with Gasteiger partial charge in [-0.1, -0.05) is 39.4 Å². The number of rotatable bonds is 3. The number of amides is 1. The SMILES string of the molecule is CC(=O)c1ccc(C(=O)N2CCN(c3nc4ccc(Br)cc4s3)CC2)cc1. The highest BCUT2D eigenvalue weighted by atomic mass is 79.9. The fraction of sp³-hybridized carbons (Fsp3) is 0.250. The van der Waals surface area contributed by atoms with Crippen LogP contribution in [0.25, 0.3) is 10.2 Å². The number of hydrogen-bond donors (Lipinski definition) is 0. The van der Waals surface area contributed by atoms with E-state index in [0.717, 1.165) is 32.9 Å². The maximum absolute atomic E-state index is 12.7. The van der Waals surface area contributed by atoms with Crippen molar-refractivity contribution in [1.29, 1.82) is 0 Å². The smallest absolute Gasteiger partial charge is 0.253 e. The lowest BCUT2D eigenvalue weighted by Gasteiger charge is -2.34.